The number of hydrogen-bond donors (Lipinski definition) is 0. The van der Waals surface area contributed by atoms with Gasteiger partial charge in [-0.1, -0.05) is 40.4 Å². The topological polar surface area (TPSA) is 21.1 Å². The van der Waals surface area contributed by atoms with Gasteiger partial charge in [-0.05, 0) is 26.8 Å². The molecule has 18 heavy (non-hydrogen) atoms. The van der Waals surface area contributed by atoms with Crippen LogP contribution in [0.4, 0.5) is 0 Å². The van der Waals surface area contributed by atoms with Crippen LogP contribution in [0.3, 0.4) is 0 Å². The third-order valence-corrected chi connectivity index (χ3v) is 5.43. The first-order valence-electron chi connectivity index (χ1n) is 6.53. The van der Waals surface area contributed by atoms with E-state index >= 15 is 0 Å². The Morgan fingerprint density at radius 2 is 2.11 bits per heavy atom. The van der Waals surface area contributed by atoms with E-state index in [0.29, 0.717) is 10.9 Å². The van der Waals surface area contributed by atoms with Crippen LogP contribution in [-0.4, -0.2) is 32.6 Å². The molecule has 2 rings (SSSR count). The fourth-order valence-electron chi connectivity index (χ4n) is 2.77. The Morgan fingerprint density at radius 1 is 1.44 bits per heavy atom. The number of hydrogen-bond acceptors (Lipinski definition) is 2. The van der Waals surface area contributed by atoms with E-state index in [2.05, 4.69) is 33.0 Å². The zero-order valence-electron chi connectivity index (χ0n) is 11.3. The van der Waals surface area contributed by atoms with Crippen molar-refractivity contribution in [3.63, 3.8) is 0 Å². The maximum Gasteiger partial charge on any atom is 0.0860 e. The Bertz CT molecular complexity index is 419. The summed E-state index contributed by atoms with van der Waals surface area (Å²) in [6.45, 7) is 2.82. The molecule has 1 fully saturated rings. The van der Waals surface area contributed by atoms with Crippen LogP contribution in [0, 0.1) is 6.92 Å². The minimum atomic E-state index is 0.601. The van der Waals surface area contributed by atoms with Gasteiger partial charge in [0.1, 0.15) is 0 Å². The number of alkyl halides is 1. The van der Waals surface area contributed by atoms with Crippen molar-refractivity contribution in [2.24, 2.45) is 7.05 Å². The van der Waals surface area contributed by atoms with Crippen molar-refractivity contribution in [1.29, 1.82) is 0 Å². The van der Waals surface area contributed by atoms with Crippen LogP contribution in [0.5, 0.6) is 0 Å². The smallest absolute Gasteiger partial charge is 0.0860 e. The van der Waals surface area contributed by atoms with Gasteiger partial charge in [-0.3, -0.25) is 9.58 Å². The quantitative estimate of drug-likeness (QED) is 0.789. The van der Waals surface area contributed by atoms with Crippen LogP contribution in [0.1, 0.15) is 37.1 Å². The number of rotatable bonds is 3. The molecule has 0 saturated heterocycles. The van der Waals surface area contributed by atoms with E-state index < -0.39 is 0 Å². The molecule has 1 aromatic rings. The molecule has 0 N–H and O–H groups in total. The Labute approximate surface area is 123 Å². The van der Waals surface area contributed by atoms with Crippen molar-refractivity contribution < 1.29 is 0 Å². The first kappa shape index (κ1) is 14.4. The summed E-state index contributed by atoms with van der Waals surface area (Å²) < 4.78 is 1.90. The van der Waals surface area contributed by atoms with Gasteiger partial charge in [0.05, 0.1) is 16.4 Å². The molecule has 1 aromatic heterocycles. The third-order valence-electron chi connectivity index (χ3n) is 3.87. The number of aromatic nitrogens is 2. The molecule has 3 nitrogen and oxygen atoms in total. The summed E-state index contributed by atoms with van der Waals surface area (Å²) in [6, 6.07) is 0.602. The van der Waals surface area contributed by atoms with Crippen molar-refractivity contribution in [3.05, 3.63) is 16.4 Å². The standard InChI is InChI=1S/C13H21BrClN3/c1-9-13(15)12(18(3)16-9)8-17(2)11-7-5-4-6-10(11)14/h10-11H,4-8H2,1-3H3. The van der Waals surface area contributed by atoms with Crippen molar-refractivity contribution in [2.45, 2.75) is 50.0 Å². The summed E-state index contributed by atoms with van der Waals surface area (Å²) in [6.07, 6.45) is 5.20. The summed E-state index contributed by atoms with van der Waals surface area (Å²) in [4.78, 5) is 3.00. The van der Waals surface area contributed by atoms with E-state index in [1.165, 1.54) is 25.7 Å². The van der Waals surface area contributed by atoms with Crippen molar-refractivity contribution in [2.75, 3.05) is 7.05 Å². The Kier molecular flexibility index (Phi) is 4.73. The highest BCUT2D eigenvalue weighted by atomic mass is 79.9. The highest BCUT2D eigenvalue weighted by Crippen LogP contribution is 2.29. The number of aryl methyl sites for hydroxylation is 2. The summed E-state index contributed by atoms with van der Waals surface area (Å²) in [5, 5.41) is 5.19. The number of nitrogens with zero attached hydrogens (tertiary/aromatic N) is 3. The van der Waals surface area contributed by atoms with E-state index in [-0.39, 0.29) is 0 Å². The predicted octanol–water partition coefficient (Wildman–Crippen LogP) is 3.52. The highest BCUT2D eigenvalue weighted by molar-refractivity contribution is 9.09. The first-order valence-corrected chi connectivity index (χ1v) is 7.82. The molecular weight excluding hydrogens is 314 g/mol. The molecule has 102 valence electrons. The van der Waals surface area contributed by atoms with E-state index in [1.807, 2.05) is 18.7 Å². The van der Waals surface area contributed by atoms with Gasteiger partial charge in [0.25, 0.3) is 0 Å². The predicted molar refractivity (Wildman–Crippen MR) is 79.4 cm³/mol. The van der Waals surface area contributed by atoms with E-state index in [1.54, 1.807) is 0 Å². The Balaban J connectivity index is 2.08. The lowest BCUT2D eigenvalue weighted by molar-refractivity contribution is 0.189. The summed E-state index contributed by atoms with van der Waals surface area (Å²) in [7, 11) is 4.15. The monoisotopic (exact) mass is 333 g/mol. The van der Waals surface area contributed by atoms with E-state index in [0.717, 1.165) is 23.0 Å². The highest BCUT2D eigenvalue weighted by Gasteiger charge is 2.27. The van der Waals surface area contributed by atoms with E-state index in [9.17, 15) is 0 Å². The minimum Gasteiger partial charge on any atom is -0.296 e. The van der Waals surface area contributed by atoms with Gasteiger partial charge in [-0.25, -0.2) is 0 Å². The maximum absolute atomic E-state index is 6.31. The second kappa shape index (κ2) is 5.93. The molecule has 0 bridgehead atoms. The normalized spacial score (nSPS) is 24.8. The third kappa shape index (κ3) is 2.91. The first-order chi connectivity index (χ1) is 8.50. The second-order valence-electron chi connectivity index (χ2n) is 5.25. The molecule has 0 aromatic carbocycles. The summed E-state index contributed by atoms with van der Waals surface area (Å²) in [5.74, 6) is 0. The lowest BCUT2D eigenvalue weighted by Crippen LogP contribution is -2.40. The largest absolute Gasteiger partial charge is 0.296 e. The average molecular weight is 335 g/mol. The van der Waals surface area contributed by atoms with Crippen LogP contribution < -0.4 is 0 Å². The zero-order chi connectivity index (χ0) is 13.3. The fourth-order valence-corrected chi connectivity index (χ4v) is 3.98. The van der Waals surface area contributed by atoms with Crippen molar-refractivity contribution in [1.82, 2.24) is 14.7 Å². The van der Waals surface area contributed by atoms with Crippen molar-refractivity contribution >= 4 is 27.5 Å². The van der Waals surface area contributed by atoms with Gasteiger partial charge < -0.3 is 0 Å². The molecule has 2 atom stereocenters. The summed E-state index contributed by atoms with van der Waals surface area (Å²) in [5.41, 5.74) is 2.03. The molecule has 0 aliphatic heterocycles. The van der Waals surface area contributed by atoms with Gasteiger partial charge in [0, 0.05) is 24.5 Å². The van der Waals surface area contributed by atoms with Crippen LogP contribution in [-0.2, 0) is 13.6 Å². The van der Waals surface area contributed by atoms with Gasteiger partial charge >= 0.3 is 0 Å². The molecule has 1 heterocycles. The summed E-state index contributed by atoms with van der Waals surface area (Å²) >= 11 is 10.1. The van der Waals surface area contributed by atoms with Crippen LogP contribution in [0.15, 0.2) is 0 Å². The molecule has 1 aliphatic rings. The molecule has 2 unspecified atom stereocenters. The molecule has 0 amide bonds. The number of halogens is 2. The van der Waals surface area contributed by atoms with Crippen LogP contribution in [0.25, 0.3) is 0 Å². The zero-order valence-corrected chi connectivity index (χ0v) is 13.6. The lowest BCUT2D eigenvalue weighted by atomic mass is 9.94. The average Bonchev–Trinajstić information content (AvgIpc) is 2.56. The molecule has 1 saturated carbocycles. The van der Waals surface area contributed by atoms with Crippen molar-refractivity contribution in [3.8, 4) is 0 Å². The maximum atomic E-state index is 6.31. The lowest BCUT2D eigenvalue weighted by Gasteiger charge is -2.35. The van der Waals surface area contributed by atoms with Gasteiger partial charge in [0.15, 0.2) is 0 Å². The van der Waals surface area contributed by atoms with Crippen LogP contribution in [0.2, 0.25) is 5.02 Å². The second-order valence-corrected chi connectivity index (χ2v) is 6.81. The molecule has 0 spiro atoms. The Morgan fingerprint density at radius 3 is 2.67 bits per heavy atom. The minimum absolute atomic E-state index is 0.601. The molecule has 1 aliphatic carbocycles. The molecular formula is C13H21BrClN3. The van der Waals surface area contributed by atoms with Gasteiger partial charge in [-0.15, -0.1) is 0 Å². The Hall–Kier alpha value is -0.0600. The van der Waals surface area contributed by atoms with Gasteiger partial charge in [-0.2, -0.15) is 5.10 Å². The fraction of sp³-hybridized carbons (Fsp3) is 0.769. The van der Waals surface area contributed by atoms with Crippen LogP contribution >= 0.6 is 27.5 Å². The van der Waals surface area contributed by atoms with Gasteiger partial charge in [0.2, 0.25) is 0 Å². The molecule has 0 radical (unpaired) electrons. The molecule has 5 heteroatoms. The SMILES string of the molecule is Cc1nn(C)c(CN(C)C2CCCCC2Br)c1Cl. The van der Waals surface area contributed by atoms with E-state index in [4.69, 9.17) is 11.6 Å².